The minimum atomic E-state index is -0.476. The number of ether oxygens (including phenoxy) is 2. The van der Waals surface area contributed by atoms with Crippen LogP contribution in [-0.2, 0) is 23.1 Å². The van der Waals surface area contributed by atoms with Crippen molar-refractivity contribution in [2.24, 2.45) is 12.0 Å². The van der Waals surface area contributed by atoms with Gasteiger partial charge in [-0.05, 0) is 27.7 Å². The molecule has 0 spiro atoms. The van der Waals surface area contributed by atoms with Crippen LogP contribution in [-0.4, -0.2) is 45.1 Å². The summed E-state index contributed by atoms with van der Waals surface area (Å²) in [7, 11) is 3.20. The average molecular weight is 348 g/mol. The summed E-state index contributed by atoms with van der Waals surface area (Å²) in [5, 5.41) is 8.64. The topological polar surface area (TPSA) is 110 Å². The molecule has 0 bridgehead atoms. The molecule has 9 heteroatoms. The monoisotopic (exact) mass is 348 g/mol. The molecule has 2 aromatic heterocycles. The van der Waals surface area contributed by atoms with Crippen molar-refractivity contribution in [1.29, 1.82) is 0 Å². The Labute approximate surface area is 146 Å². The molecule has 0 saturated heterocycles. The summed E-state index contributed by atoms with van der Waals surface area (Å²) in [6, 6.07) is 0. The smallest absolute Gasteiger partial charge is 0.343 e. The number of carbonyl (C=O) groups is 1. The number of aromatic nitrogens is 4. The molecular weight excluding hydrogens is 324 g/mol. The lowest BCUT2D eigenvalue weighted by Gasteiger charge is -2.09. The number of rotatable bonds is 5. The van der Waals surface area contributed by atoms with Crippen molar-refractivity contribution in [3.8, 4) is 0 Å². The molecule has 0 radical (unpaired) electrons. The van der Waals surface area contributed by atoms with Gasteiger partial charge in [-0.2, -0.15) is 15.2 Å². The molecule has 0 amide bonds. The number of nitrogen functional groups attached to an aromatic ring is 1. The molecule has 0 fully saturated rings. The summed E-state index contributed by atoms with van der Waals surface area (Å²) < 4.78 is 13.8. The summed E-state index contributed by atoms with van der Waals surface area (Å²) in [4.78, 5) is 16.8. The van der Waals surface area contributed by atoms with E-state index in [0.29, 0.717) is 40.7 Å². The second-order valence-corrected chi connectivity index (χ2v) is 5.41. The fourth-order valence-electron chi connectivity index (χ4n) is 2.56. The van der Waals surface area contributed by atoms with Crippen LogP contribution in [0.25, 0.3) is 0 Å². The predicted molar refractivity (Wildman–Crippen MR) is 94.2 cm³/mol. The van der Waals surface area contributed by atoms with E-state index in [9.17, 15) is 4.79 Å². The van der Waals surface area contributed by atoms with Gasteiger partial charge in [0.05, 0.1) is 30.8 Å². The fourth-order valence-corrected chi connectivity index (χ4v) is 2.56. The van der Waals surface area contributed by atoms with Crippen molar-refractivity contribution in [3.63, 3.8) is 0 Å². The number of anilines is 1. The summed E-state index contributed by atoms with van der Waals surface area (Å²) >= 11 is 0. The largest absolute Gasteiger partial charge is 0.479 e. The molecular formula is C16H24N6O3. The van der Waals surface area contributed by atoms with E-state index in [0.717, 1.165) is 0 Å². The Morgan fingerprint density at radius 3 is 2.48 bits per heavy atom. The van der Waals surface area contributed by atoms with E-state index in [4.69, 9.17) is 15.2 Å². The van der Waals surface area contributed by atoms with Gasteiger partial charge in [-0.15, -0.1) is 0 Å². The minimum Gasteiger partial charge on any atom is -0.479 e. The zero-order chi connectivity index (χ0) is 18.7. The van der Waals surface area contributed by atoms with Crippen LogP contribution < -0.4 is 5.73 Å². The predicted octanol–water partition coefficient (Wildman–Crippen LogP) is 1.74. The number of aryl methyl sites for hydroxylation is 4. The van der Waals surface area contributed by atoms with Crippen molar-refractivity contribution >= 4 is 23.4 Å². The lowest BCUT2D eigenvalue weighted by molar-refractivity contribution is 0.0526. The first-order valence-corrected chi connectivity index (χ1v) is 8.02. The van der Waals surface area contributed by atoms with Gasteiger partial charge in [0.25, 0.3) is 0 Å². The number of aliphatic imine (C=N–C) groups is 1. The Balaban J connectivity index is 2.64. The molecule has 9 nitrogen and oxygen atoms in total. The van der Waals surface area contributed by atoms with Crippen LogP contribution in [0.5, 0.6) is 0 Å². The van der Waals surface area contributed by atoms with Crippen LogP contribution in [0.1, 0.15) is 41.3 Å². The minimum absolute atomic E-state index is 0.258. The maximum Gasteiger partial charge on any atom is 0.343 e. The van der Waals surface area contributed by atoms with Gasteiger partial charge in [-0.25, -0.2) is 9.48 Å². The third-order valence-corrected chi connectivity index (χ3v) is 3.75. The highest BCUT2D eigenvalue weighted by atomic mass is 16.5. The van der Waals surface area contributed by atoms with E-state index < -0.39 is 5.97 Å². The summed E-state index contributed by atoms with van der Waals surface area (Å²) in [6.45, 7) is 8.10. The van der Waals surface area contributed by atoms with Crippen LogP contribution >= 0.6 is 0 Å². The van der Waals surface area contributed by atoms with E-state index >= 15 is 0 Å². The quantitative estimate of drug-likeness (QED) is 0.501. The normalized spacial score (nSPS) is 11.7. The Kier molecular flexibility index (Phi) is 5.45. The van der Waals surface area contributed by atoms with Gasteiger partial charge < -0.3 is 15.2 Å². The Morgan fingerprint density at radius 2 is 1.92 bits per heavy atom. The van der Waals surface area contributed by atoms with E-state index in [-0.39, 0.29) is 12.5 Å². The van der Waals surface area contributed by atoms with Gasteiger partial charge in [0.1, 0.15) is 11.3 Å². The van der Waals surface area contributed by atoms with Gasteiger partial charge in [-0.3, -0.25) is 4.68 Å². The van der Waals surface area contributed by atoms with Crippen LogP contribution in [0, 0.1) is 13.8 Å². The van der Waals surface area contributed by atoms with Crippen molar-refractivity contribution < 1.29 is 14.3 Å². The first-order chi connectivity index (χ1) is 11.8. The van der Waals surface area contributed by atoms with Crippen molar-refractivity contribution in [2.45, 2.75) is 34.2 Å². The lowest BCUT2D eigenvalue weighted by Crippen LogP contribution is -2.14. The molecule has 2 aromatic rings. The fraction of sp³-hybridized carbons (Fsp3) is 0.500. The molecule has 25 heavy (non-hydrogen) atoms. The lowest BCUT2D eigenvalue weighted by atomic mass is 10.2. The molecule has 2 N–H and O–H groups in total. The summed E-state index contributed by atoms with van der Waals surface area (Å²) in [5.41, 5.74) is 8.71. The molecule has 0 aliphatic heterocycles. The number of hydrogen-bond acceptors (Lipinski definition) is 7. The standard InChI is InChI=1S/C16H24N6O3/c1-7-22-13(12(17)10(4)20-22)15(24-6)18-14-11(16(23)25-8-2)9(3)19-21(14)5/h7-8,17H2,1-6H3/b18-15-. The maximum absolute atomic E-state index is 12.3. The number of carbonyl (C=O) groups excluding carboxylic acids is 1. The van der Waals surface area contributed by atoms with E-state index in [1.807, 2.05) is 13.8 Å². The van der Waals surface area contributed by atoms with Gasteiger partial charge in [-0.1, -0.05) is 0 Å². The number of nitrogens with two attached hydrogens (primary N) is 1. The average Bonchev–Trinajstić information content (AvgIpc) is 3.01. The summed E-state index contributed by atoms with van der Waals surface area (Å²) in [6.07, 6.45) is 0. The van der Waals surface area contributed by atoms with E-state index in [2.05, 4.69) is 15.2 Å². The zero-order valence-corrected chi connectivity index (χ0v) is 15.5. The van der Waals surface area contributed by atoms with Crippen LogP contribution in [0.15, 0.2) is 4.99 Å². The molecule has 0 aromatic carbocycles. The number of esters is 1. The molecule has 136 valence electrons. The second-order valence-electron chi connectivity index (χ2n) is 5.41. The van der Waals surface area contributed by atoms with Crippen molar-refractivity contribution in [3.05, 3.63) is 22.6 Å². The highest BCUT2D eigenvalue weighted by molar-refractivity contribution is 6.02. The number of hydrogen-bond donors (Lipinski definition) is 1. The van der Waals surface area contributed by atoms with Gasteiger partial charge >= 0.3 is 5.97 Å². The highest BCUT2D eigenvalue weighted by Crippen LogP contribution is 2.26. The van der Waals surface area contributed by atoms with Crippen LogP contribution in [0.3, 0.4) is 0 Å². The zero-order valence-electron chi connectivity index (χ0n) is 15.5. The van der Waals surface area contributed by atoms with Crippen molar-refractivity contribution in [1.82, 2.24) is 19.6 Å². The van der Waals surface area contributed by atoms with Crippen LogP contribution in [0.4, 0.5) is 11.5 Å². The Hall–Kier alpha value is -2.84. The molecule has 0 unspecified atom stereocenters. The molecule has 0 atom stereocenters. The number of methoxy groups -OCH3 is 1. The first kappa shape index (κ1) is 18.5. The highest BCUT2D eigenvalue weighted by Gasteiger charge is 2.24. The van der Waals surface area contributed by atoms with Crippen LogP contribution in [0.2, 0.25) is 0 Å². The molecule has 2 heterocycles. The molecule has 0 aliphatic rings. The molecule has 2 rings (SSSR count). The molecule has 0 aliphatic carbocycles. The van der Waals surface area contributed by atoms with E-state index in [1.54, 1.807) is 25.6 Å². The van der Waals surface area contributed by atoms with Gasteiger partial charge in [0, 0.05) is 13.6 Å². The third kappa shape index (κ3) is 3.35. The molecule has 0 saturated carbocycles. The maximum atomic E-state index is 12.3. The van der Waals surface area contributed by atoms with Gasteiger partial charge in [0.2, 0.25) is 5.90 Å². The van der Waals surface area contributed by atoms with E-state index in [1.165, 1.54) is 11.8 Å². The second kappa shape index (κ2) is 7.37. The third-order valence-electron chi connectivity index (χ3n) is 3.75. The Morgan fingerprint density at radius 1 is 1.24 bits per heavy atom. The number of nitrogens with zero attached hydrogens (tertiary/aromatic N) is 5. The van der Waals surface area contributed by atoms with Crippen molar-refractivity contribution in [2.75, 3.05) is 19.5 Å². The van der Waals surface area contributed by atoms with Gasteiger partial charge in [0.15, 0.2) is 5.82 Å². The Bertz CT molecular complexity index is 818. The SMILES string of the molecule is CCOC(=O)c1c(C)nn(C)c1/N=C(\OC)c1c(N)c(C)nn1CC. The first-order valence-electron chi connectivity index (χ1n) is 8.02. The summed E-state index contributed by atoms with van der Waals surface area (Å²) in [5.74, 6) is 0.123.